The number of nitrogens with one attached hydrogen (secondary N) is 1. The van der Waals surface area contributed by atoms with Crippen molar-refractivity contribution in [2.75, 3.05) is 13.6 Å². The SMILES string of the molecule is CC1C(C(N)=O)NN(C)N1CC(F)CCn1ccc(COc2cccc(OC(F)(F)F)c2)cc1=O. The number of hydrogen-bond acceptors (Lipinski definition) is 7. The number of amides is 1. The molecule has 1 aromatic heterocycles. The lowest BCUT2D eigenvalue weighted by Gasteiger charge is -2.28. The number of halogens is 4. The summed E-state index contributed by atoms with van der Waals surface area (Å²) in [5.41, 5.74) is 8.36. The number of rotatable bonds is 10. The van der Waals surface area contributed by atoms with Crippen molar-refractivity contribution < 1.29 is 31.8 Å². The Labute approximate surface area is 198 Å². The van der Waals surface area contributed by atoms with Gasteiger partial charge < -0.3 is 19.8 Å². The molecule has 2 aromatic rings. The lowest BCUT2D eigenvalue weighted by atomic mass is 10.1. The van der Waals surface area contributed by atoms with Gasteiger partial charge in [0.25, 0.3) is 5.56 Å². The van der Waals surface area contributed by atoms with E-state index >= 15 is 0 Å². The fourth-order valence-electron chi connectivity index (χ4n) is 3.74. The number of hydrogen-bond donors (Lipinski definition) is 2. The average Bonchev–Trinajstić information content (AvgIpc) is 3.04. The van der Waals surface area contributed by atoms with Crippen LogP contribution in [-0.2, 0) is 17.9 Å². The minimum absolute atomic E-state index is 0.0201. The Balaban J connectivity index is 1.51. The Bertz CT molecular complexity index is 1080. The van der Waals surface area contributed by atoms with E-state index in [0.717, 1.165) is 12.1 Å². The predicted octanol–water partition coefficient (Wildman–Crippen LogP) is 1.96. The van der Waals surface area contributed by atoms with E-state index in [-0.39, 0.29) is 43.5 Å². The highest BCUT2D eigenvalue weighted by Gasteiger charge is 2.39. The summed E-state index contributed by atoms with van der Waals surface area (Å²) in [5.74, 6) is -0.799. The maximum atomic E-state index is 14.6. The number of carbonyl (C=O) groups excluding carboxylic acids is 1. The first-order chi connectivity index (χ1) is 16.4. The van der Waals surface area contributed by atoms with Crippen LogP contribution in [0.3, 0.4) is 0 Å². The molecule has 3 unspecified atom stereocenters. The van der Waals surface area contributed by atoms with Gasteiger partial charge in [-0.15, -0.1) is 13.2 Å². The summed E-state index contributed by atoms with van der Waals surface area (Å²) in [7, 11) is 1.66. The van der Waals surface area contributed by atoms with Gasteiger partial charge in [-0.3, -0.25) is 9.59 Å². The first kappa shape index (κ1) is 26.4. The number of hydrazine groups is 2. The van der Waals surface area contributed by atoms with Crippen molar-refractivity contribution >= 4 is 5.91 Å². The van der Waals surface area contributed by atoms with Crippen LogP contribution in [0.2, 0.25) is 0 Å². The van der Waals surface area contributed by atoms with Crippen molar-refractivity contribution in [2.24, 2.45) is 5.73 Å². The molecule has 192 valence electrons. The third-order valence-electron chi connectivity index (χ3n) is 5.54. The van der Waals surface area contributed by atoms with E-state index in [4.69, 9.17) is 10.5 Å². The van der Waals surface area contributed by atoms with E-state index in [2.05, 4.69) is 10.2 Å². The van der Waals surface area contributed by atoms with Gasteiger partial charge in [0.1, 0.15) is 30.3 Å². The van der Waals surface area contributed by atoms with E-state index in [0.29, 0.717) is 5.56 Å². The smallest absolute Gasteiger partial charge is 0.489 e. The number of alkyl halides is 4. The summed E-state index contributed by atoms with van der Waals surface area (Å²) in [4.78, 5) is 23.9. The van der Waals surface area contributed by atoms with Crippen molar-refractivity contribution in [3.63, 3.8) is 0 Å². The largest absolute Gasteiger partial charge is 0.573 e. The number of nitrogens with two attached hydrogens (primary N) is 1. The molecule has 1 amide bonds. The van der Waals surface area contributed by atoms with Crippen molar-refractivity contribution in [1.29, 1.82) is 0 Å². The van der Waals surface area contributed by atoms with Crippen LogP contribution in [-0.4, -0.2) is 58.8 Å². The average molecular weight is 501 g/mol. The highest BCUT2D eigenvalue weighted by Crippen LogP contribution is 2.26. The summed E-state index contributed by atoms with van der Waals surface area (Å²) in [6, 6.07) is 7.05. The maximum absolute atomic E-state index is 14.6. The zero-order valence-corrected chi connectivity index (χ0v) is 19.2. The summed E-state index contributed by atoms with van der Waals surface area (Å²) in [5, 5.41) is 3.20. The van der Waals surface area contributed by atoms with Crippen molar-refractivity contribution in [3.8, 4) is 11.5 Å². The molecule has 1 aliphatic heterocycles. The van der Waals surface area contributed by atoms with Gasteiger partial charge in [0.05, 0.1) is 0 Å². The molecule has 35 heavy (non-hydrogen) atoms. The summed E-state index contributed by atoms with van der Waals surface area (Å²) < 4.78 is 62.4. The molecule has 0 aliphatic carbocycles. The van der Waals surface area contributed by atoms with Gasteiger partial charge in [-0.25, -0.2) is 14.8 Å². The van der Waals surface area contributed by atoms with E-state index in [1.54, 1.807) is 30.2 Å². The zero-order chi connectivity index (χ0) is 25.8. The maximum Gasteiger partial charge on any atom is 0.573 e. The molecular formula is C22H27F4N5O4. The lowest BCUT2D eigenvalue weighted by Crippen LogP contribution is -2.44. The minimum Gasteiger partial charge on any atom is -0.489 e. The number of nitrogens with zero attached hydrogens (tertiary/aromatic N) is 3. The second kappa shape index (κ2) is 11.1. The molecule has 0 saturated carbocycles. The Morgan fingerprint density at radius 2 is 1.94 bits per heavy atom. The topological polar surface area (TPSA) is 102 Å². The molecule has 3 N–H and O–H groups in total. The number of aryl methyl sites for hydroxylation is 1. The normalized spacial score (nSPS) is 20.1. The van der Waals surface area contributed by atoms with E-state index in [1.165, 1.54) is 29.0 Å². The minimum atomic E-state index is -4.81. The predicted molar refractivity (Wildman–Crippen MR) is 118 cm³/mol. The van der Waals surface area contributed by atoms with Gasteiger partial charge in [-0.05, 0) is 37.1 Å². The van der Waals surface area contributed by atoms with E-state index in [9.17, 15) is 27.2 Å². The molecule has 1 aliphatic rings. The van der Waals surface area contributed by atoms with Gasteiger partial charge in [-0.2, -0.15) is 5.12 Å². The monoisotopic (exact) mass is 501 g/mol. The van der Waals surface area contributed by atoms with Crippen LogP contribution < -0.4 is 26.2 Å². The number of pyridine rings is 1. The van der Waals surface area contributed by atoms with Crippen molar-refractivity contribution in [2.45, 2.75) is 51.1 Å². The van der Waals surface area contributed by atoms with Gasteiger partial charge in [-0.1, -0.05) is 6.07 Å². The Hall–Kier alpha value is -3.16. The molecule has 0 radical (unpaired) electrons. The fraction of sp³-hybridized carbons (Fsp3) is 0.455. The Kier molecular flexibility index (Phi) is 8.35. The molecule has 1 fully saturated rings. The van der Waals surface area contributed by atoms with Gasteiger partial charge in [0.15, 0.2) is 0 Å². The van der Waals surface area contributed by atoms with Crippen LogP contribution in [0.4, 0.5) is 17.6 Å². The van der Waals surface area contributed by atoms with E-state index in [1.807, 2.05) is 0 Å². The van der Waals surface area contributed by atoms with Crippen LogP contribution in [0.25, 0.3) is 0 Å². The third-order valence-corrected chi connectivity index (χ3v) is 5.54. The fourth-order valence-corrected chi connectivity index (χ4v) is 3.74. The summed E-state index contributed by atoms with van der Waals surface area (Å²) >= 11 is 0. The molecule has 1 saturated heterocycles. The lowest BCUT2D eigenvalue weighted by molar-refractivity contribution is -0.274. The number of aromatic nitrogens is 1. The first-order valence-corrected chi connectivity index (χ1v) is 10.8. The number of carbonyl (C=O) groups is 1. The second-order valence-electron chi connectivity index (χ2n) is 8.16. The highest BCUT2D eigenvalue weighted by atomic mass is 19.4. The molecule has 3 atom stereocenters. The molecular weight excluding hydrogens is 474 g/mol. The number of primary amides is 1. The van der Waals surface area contributed by atoms with Crippen LogP contribution in [0.5, 0.6) is 11.5 Å². The second-order valence-corrected chi connectivity index (χ2v) is 8.16. The molecule has 2 heterocycles. The Morgan fingerprint density at radius 3 is 2.57 bits per heavy atom. The molecule has 0 bridgehead atoms. The standard InChI is InChI=1S/C22H27F4N5O4/c1-14-20(21(27)33)28-29(2)31(14)12-16(23)7-9-30-8-6-15(10-19(30)32)13-34-17-4-3-5-18(11-17)35-22(24,25)26/h3-6,8,10-11,14,16,20,28H,7,9,12-13H2,1-2H3,(H2,27,33). The van der Waals surface area contributed by atoms with Gasteiger partial charge in [0.2, 0.25) is 5.91 Å². The van der Waals surface area contributed by atoms with Crippen molar-refractivity contribution in [3.05, 3.63) is 58.5 Å². The summed E-state index contributed by atoms with van der Waals surface area (Å²) in [6.07, 6.45) is -4.51. The quantitative estimate of drug-likeness (QED) is 0.480. The Morgan fingerprint density at radius 1 is 1.23 bits per heavy atom. The summed E-state index contributed by atoms with van der Waals surface area (Å²) in [6.45, 7) is 1.87. The highest BCUT2D eigenvalue weighted by molar-refractivity contribution is 5.80. The zero-order valence-electron chi connectivity index (χ0n) is 19.2. The molecule has 3 rings (SSSR count). The number of ether oxygens (including phenoxy) is 2. The molecule has 13 heteroatoms. The van der Waals surface area contributed by atoms with E-state index < -0.39 is 30.2 Å². The van der Waals surface area contributed by atoms with Crippen LogP contribution in [0, 0.1) is 0 Å². The van der Waals surface area contributed by atoms with Crippen LogP contribution in [0.15, 0.2) is 47.4 Å². The number of benzene rings is 1. The van der Waals surface area contributed by atoms with Crippen LogP contribution in [0.1, 0.15) is 18.9 Å². The van der Waals surface area contributed by atoms with Gasteiger partial charge >= 0.3 is 6.36 Å². The van der Waals surface area contributed by atoms with Crippen molar-refractivity contribution in [1.82, 2.24) is 20.1 Å². The first-order valence-electron chi connectivity index (χ1n) is 10.8. The van der Waals surface area contributed by atoms with Crippen LogP contribution >= 0.6 is 0 Å². The third kappa shape index (κ3) is 7.41. The molecule has 0 spiro atoms. The molecule has 1 aromatic carbocycles. The molecule has 9 nitrogen and oxygen atoms in total. The van der Waals surface area contributed by atoms with Gasteiger partial charge in [0, 0.05) is 44.5 Å².